The van der Waals surface area contributed by atoms with Gasteiger partial charge in [0.05, 0.1) is 6.54 Å². The van der Waals surface area contributed by atoms with Crippen molar-refractivity contribution in [2.24, 2.45) is 0 Å². The van der Waals surface area contributed by atoms with Crippen molar-refractivity contribution < 1.29 is 9.59 Å². The van der Waals surface area contributed by atoms with Crippen LogP contribution in [-0.2, 0) is 9.59 Å². The van der Waals surface area contributed by atoms with Crippen LogP contribution in [0.15, 0.2) is 0 Å². The van der Waals surface area contributed by atoms with Crippen LogP contribution in [0.4, 0.5) is 0 Å². The molecular weight excluding hydrogens is 144 g/mol. The second-order valence-electron chi connectivity index (χ2n) is 2.52. The van der Waals surface area contributed by atoms with Gasteiger partial charge in [-0.1, -0.05) is 6.92 Å². The molecule has 1 saturated heterocycles. The molecule has 1 rings (SSSR count). The highest BCUT2D eigenvalue weighted by Gasteiger charge is 2.40. The molecule has 2 N–H and O–H groups in total. The molecule has 4 nitrogen and oxygen atoms in total. The van der Waals surface area contributed by atoms with Gasteiger partial charge in [0.2, 0.25) is 12.2 Å². The summed E-state index contributed by atoms with van der Waals surface area (Å²) in [6.45, 7) is 2.00. The van der Waals surface area contributed by atoms with Crippen molar-refractivity contribution in [1.82, 2.24) is 10.6 Å². The van der Waals surface area contributed by atoms with Crippen LogP contribution in [0.5, 0.6) is 0 Å². The number of nitrogens with one attached hydrogen (secondary N) is 2. The molecule has 11 heavy (non-hydrogen) atoms. The number of rotatable bonds is 4. The van der Waals surface area contributed by atoms with Gasteiger partial charge in [-0.2, -0.15) is 0 Å². The fourth-order valence-electron chi connectivity index (χ4n) is 1.02. The second-order valence-corrected chi connectivity index (χ2v) is 2.52. The van der Waals surface area contributed by atoms with Crippen LogP contribution in [0.25, 0.3) is 0 Å². The maximum Gasteiger partial charge on any atom is 0.239 e. The summed E-state index contributed by atoms with van der Waals surface area (Å²) in [5.74, 6) is -0.0970. The summed E-state index contributed by atoms with van der Waals surface area (Å²) in [4.78, 5) is 20.7. The Morgan fingerprint density at radius 3 is 2.91 bits per heavy atom. The first kappa shape index (κ1) is 8.20. The summed E-state index contributed by atoms with van der Waals surface area (Å²) in [6.07, 6.45) is 2.55. The predicted octanol–water partition coefficient (Wildman–Crippen LogP) is -1.04. The zero-order valence-electron chi connectivity index (χ0n) is 6.39. The second kappa shape index (κ2) is 3.48. The topological polar surface area (TPSA) is 68.1 Å². The molecular formula is C7H11N2O2. The van der Waals surface area contributed by atoms with Gasteiger partial charge in [0, 0.05) is 6.04 Å². The minimum atomic E-state index is -0.0970. The van der Waals surface area contributed by atoms with Gasteiger partial charge in [-0.3, -0.25) is 14.9 Å². The van der Waals surface area contributed by atoms with E-state index >= 15 is 0 Å². The van der Waals surface area contributed by atoms with E-state index in [-0.39, 0.29) is 18.5 Å². The highest BCUT2D eigenvalue weighted by molar-refractivity contribution is 5.86. The third-order valence-corrected chi connectivity index (χ3v) is 1.74. The smallest absolute Gasteiger partial charge is 0.239 e. The minimum Gasteiger partial charge on any atom is -0.347 e. The lowest BCUT2D eigenvalue weighted by molar-refractivity contribution is -0.120. The van der Waals surface area contributed by atoms with Crippen LogP contribution in [0, 0.1) is 0 Å². The largest absolute Gasteiger partial charge is 0.347 e. The highest BCUT2D eigenvalue weighted by Crippen LogP contribution is 2.13. The molecule has 0 aromatic heterocycles. The number of carbonyl (C=O) groups excluding carboxylic acids is 2. The van der Waals surface area contributed by atoms with E-state index in [0.29, 0.717) is 6.04 Å². The van der Waals surface area contributed by atoms with E-state index in [9.17, 15) is 9.59 Å². The number of hydrogen-bond donors (Lipinski definition) is 2. The third-order valence-electron chi connectivity index (χ3n) is 1.74. The van der Waals surface area contributed by atoms with Gasteiger partial charge in [-0.25, -0.2) is 0 Å². The normalized spacial score (nSPS) is 27.7. The number of hydrogen-bond acceptors (Lipinski definition) is 3. The zero-order chi connectivity index (χ0) is 8.27. The minimum absolute atomic E-state index is 0.00650. The van der Waals surface area contributed by atoms with Gasteiger partial charge in [0.15, 0.2) is 0 Å². The van der Waals surface area contributed by atoms with Crippen molar-refractivity contribution >= 4 is 12.2 Å². The summed E-state index contributed by atoms with van der Waals surface area (Å²) in [7, 11) is 0. The Labute approximate surface area is 65.3 Å². The van der Waals surface area contributed by atoms with Gasteiger partial charge < -0.3 is 5.32 Å². The molecule has 0 bridgehead atoms. The molecule has 1 amide bonds. The first-order valence-electron chi connectivity index (χ1n) is 3.68. The van der Waals surface area contributed by atoms with Crippen molar-refractivity contribution in [2.45, 2.75) is 25.4 Å². The predicted molar refractivity (Wildman–Crippen MR) is 39.7 cm³/mol. The van der Waals surface area contributed by atoms with Crippen LogP contribution in [-0.4, -0.2) is 30.8 Å². The van der Waals surface area contributed by atoms with Crippen LogP contribution < -0.4 is 10.6 Å². The summed E-state index contributed by atoms with van der Waals surface area (Å²) < 4.78 is 0. The maximum absolute atomic E-state index is 11.0. The fourth-order valence-corrected chi connectivity index (χ4v) is 1.02. The van der Waals surface area contributed by atoms with E-state index in [1.165, 1.54) is 0 Å². The van der Waals surface area contributed by atoms with Gasteiger partial charge in [0.25, 0.3) is 0 Å². The van der Waals surface area contributed by atoms with Crippen molar-refractivity contribution in [3.63, 3.8) is 0 Å². The van der Waals surface area contributed by atoms with Crippen molar-refractivity contribution in [3.8, 4) is 0 Å². The molecule has 1 heterocycles. The summed E-state index contributed by atoms with van der Waals surface area (Å²) in [6, 6.07) is 0.231. The average molecular weight is 155 g/mol. The van der Waals surface area contributed by atoms with Crippen molar-refractivity contribution in [3.05, 3.63) is 0 Å². The Kier molecular flexibility index (Phi) is 2.59. The Morgan fingerprint density at radius 2 is 2.45 bits per heavy atom. The monoisotopic (exact) mass is 155 g/mol. The molecule has 0 aromatic rings. The lowest BCUT2D eigenvalue weighted by Gasteiger charge is -1.95. The first-order chi connectivity index (χ1) is 5.29. The van der Waals surface area contributed by atoms with Crippen molar-refractivity contribution in [1.29, 1.82) is 0 Å². The Morgan fingerprint density at radius 1 is 1.73 bits per heavy atom. The Hall–Kier alpha value is -0.900. The van der Waals surface area contributed by atoms with E-state index < -0.39 is 0 Å². The van der Waals surface area contributed by atoms with Crippen molar-refractivity contribution in [2.75, 3.05) is 6.54 Å². The molecule has 1 radical (unpaired) electrons. The molecule has 61 valence electrons. The molecule has 2 atom stereocenters. The van der Waals surface area contributed by atoms with Gasteiger partial charge in [-0.05, 0) is 6.42 Å². The van der Waals surface area contributed by atoms with Gasteiger partial charge in [-0.15, -0.1) is 0 Å². The fraction of sp³-hybridized carbons (Fsp3) is 0.714. The first-order valence-corrected chi connectivity index (χ1v) is 3.68. The summed E-state index contributed by atoms with van der Waals surface area (Å²) >= 11 is 0. The molecule has 1 fully saturated rings. The van der Waals surface area contributed by atoms with Crippen LogP contribution >= 0.6 is 0 Å². The molecule has 0 aliphatic carbocycles. The molecule has 1 unspecified atom stereocenters. The van der Waals surface area contributed by atoms with Crippen LogP contribution in [0.3, 0.4) is 0 Å². The number of amides is 1. The Balaban J connectivity index is 2.17. The van der Waals surface area contributed by atoms with E-state index in [4.69, 9.17) is 0 Å². The van der Waals surface area contributed by atoms with E-state index in [2.05, 4.69) is 10.6 Å². The maximum atomic E-state index is 11.0. The summed E-state index contributed by atoms with van der Waals surface area (Å²) in [5, 5.41) is 5.42. The molecule has 0 aromatic carbocycles. The van der Waals surface area contributed by atoms with Gasteiger partial charge >= 0.3 is 0 Å². The third kappa shape index (κ3) is 2.01. The Bertz CT molecular complexity index is 170. The van der Waals surface area contributed by atoms with Gasteiger partial charge in [0.1, 0.15) is 6.04 Å². The lowest BCUT2D eigenvalue weighted by atomic mass is 10.2. The molecule has 1 aliphatic rings. The number of carbonyl (C=O) groups is 1. The molecule has 0 spiro atoms. The van der Waals surface area contributed by atoms with E-state index in [0.717, 1.165) is 6.42 Å². The highest BCUT2D eigenvalue weighted by atomic mass is 16.2. The van der Waals surface area contributed by atoms with Crippen LogP contribution in [0.2, 0.25) is 0 Å². The van der Waals surface area contributed by atoms with E-state index in [1.54, 1.807) is 6.29 Å². The lowest BCUT2D eigenvalue weighted by Crippen LogP contribution is -2.31. The average Bonchev–Trinajstić information content (AvgIpc) is 2.78. The quantitative estimate of drug-likeness (QED) is 0.510. The SMILES string of the molecule is CCC1N[C@@H]1C(=O)NC[C]=O. The zero-order valence-corrected chi connectivity index (χ0v) is 6.39. The molecule has 1 aliphatic heterocycles. The standard InChI is InChI=1S/C7H11N2O2/c1-2-5-6(9-5)7(11)8-3-4-10/h5-6,9H,2-3H2,1H3,(H,8,11)/t5?,6-/m0/s1. The van der Waals surface area contributed by atoms with Crippen LogP contribution in [0.1, 0.15) is 13.3 Å². The summed E-state index contributed by atoms with van der Waals surface area (Å²) in [5.41, 5.74) is 0. The molecule has 4 heteroatoms. The van der Waals surface area contributed by atoms with E-state index in [1.807, 2.05) is 6.92 Å². The molecule has 0 saturated carbocycles.